The topological polar surface area (TPSA) is 54.9 Å². The summed E-state index contributed by atoms with van der Waals surface area (Å²) in [4.78, 5) is 11.9. The van der Waals surface area contributed by atoms with Gasteiger partial charge in [0, 0.05) is 17.4 Å². The lowest BCUT2D eigenvalue weighted by molar-refractivity contribution is -0.116. The van der Waals surface area contributed by atoms with Crippen molar-refractivity contribution in [2.24, 2.45) is 0 Å². The van der Waals surface area contributed by atoms with Crippen molar-refractivity contribution in [3.63, 3.8) is 0 Å². The van der Waals surface area contributed by atoms with Gasteiger partial charge in [0.25, 0.3) is 0 Å². The van der Waals surface area contributed by atoms with Crippen molar-refractivity contribution in [3.8, 4) is 0 Å². The molecule has 0 saturated heterocycles. The van der Waals surface area contributed by atoms with Crippen LogP contribution in [0.5, 0.6) is 0 Å². The highest BCUT2D eigenvalue weighted by Gasteiger charge is 2.27. The second kappa shape index (κ2) is 5.89. The number of amides is 1. The molecule has 1 aromatic carbocycles. The minimum absolute atomic E-state index is 0.0385. The maximum absolute atomic E-state index is 11.9. The highest BCUT2D eigenvalue weighted by Crippen LogP contribution is 2.42. The molecule has 0 bridgehead atoms. The maximum Gasteiger partial charge on any atom is 0.226 e. The summed E-state index contributed by atoms with van der Waals surface area (Å²) in [6, 6.07) is 7.56. The number of aromatic nitrogens is 2. The molecule has 4 nitrogen and oxygen atoms in total. The van der Waals surface area contributed by atoms with Crippen molar-refractivity contribution in [2.75, 3.05) is 5.32 Å². The van der Waals surface area contributed by atoms with E-state index in [9.17, 15) is 4.79 Å². The Labute approximate surface area is 126 Å². The van der Waals surface area contributed by atoms with Gasteiger partial charge in [-0.15, -0.1) is 10.2 Å². The molecule has 2 aromatic rings. The molecular formula is C14H14ClN3OS. The summed E-state index contributed by atoms with van der Waals surface area (Å²) in [7, 11) is 0. The molecule has 1 saturated carbocycles. The monoisotopic (exact) mass is 307 g/mol. The first-order valence-corrected chi connectivity index (χ1v) is 7.78. The second-order valence-corrected chi connectivity index (χ2v) is 6.34. The number of carbonyl (C=O) groups excluding carboxylic acids is 1. The standard InChI is InChI=1S/C14H14ClN3OS/c15-11-3-1-2-9(8-11)4-7-12(19)16-14-18-17-13(20-14)10-5-6-10/h1-3,8,10H,4-7H2,(H,16,18,19). The first kappa shape index (κ1) is 13.5. The molecule has 1 N–H and O–H groups in total. The number of aryl methyl sites for hydroxylation is 1. The third-order valence-electron chi connectivity index (χ3n) is 3.14. The van der Waals surface area contributed by atoms with Gasteiger partial charge < -0.3 is 5.32 Å². The van der Waals surface area contributed by atoms with Gasteiger partial charge in [-0.2, -0.15) is 0 Å². The highest BCUT2D eigenvalue weighted by molar-refractivity contribution is 7.15. The van der Waals surface area contributed by atoms with Crippen LogP contribution in [0.3, 0.4) is 0 Å². The lowest BCUT2D eigenvalue weighted by atomic mass is 10.1. The Morgan fingerprint density at radius 3 is 3.00 bits per heavy atom. The molecule has 1 heterocycles. The summed E-state index contributed by atoms with van der Waals surface area (Å²) >= 11 is 7.39. The largest absolute Gasteiger partial charge is 0.301 e. The zero-order valence-electron chi connectivity index (χ0n) is 10.8. The Morgan fingerprint density at radius 2 is 2.25 bits per heavy atom. The molecule has 104 valence electrons. The normalized spacial score (nSPS) is 14.2. The Kier molecular flexibility index (Phi) is 3.98. The van der Waals surface area contributed by atoms with Gasteiger partial charge in [-0.05, 0) is 37.0 Å². The first-order chi connectivity index (χ1) is 9.70. The Morgan fingerprint density at radius 1 is 1.40 bits per heavy atom. The summed E-state index contributed by atoms with van der Waals surface area (Å²) in [6.07, 6.45) is 3.47. The molecule has 1 fully saturated rings. The van der Waals surface area contributed by atoms with Crippen molar-refractivity contribution in [2.45, 2.75) is 31.6 Å². The van der Waals surface area contributed by atoms with Crippen molar-refractivity contribution in [1.82, 2.24) is 10.2 Å². The Bertz CT molecular complexity index is 624. The van der Waals surface area contributed by atoms with Crippen LogP contribution in [0.2, 0.25) is 5.02 Å². The number of hydrogen-bond acceptors (Lipinski definition) is 4. The molecule has 0 atom stereocenters. The van der Waals surface area contributed by atoms with Crippen molar-refractivity contribution in [3.05, 3.63) is 39.9 Å². The lowest BCUT2D eigenvalue weighted by Crippen LogP contribution is -2.12. The van der Waals surface area contributed by atoms with Gasteiger partial charge in [0.2, 0.25) is 11.0 Å². The van der Waals surface area contributed by atoms with E-state index in [4.69, 9.17) is 11.6 Å². The summed E-state index contributed by atoms with van der Waals surface area (Å²) in [6.45, 7) is 0. The summed E-state index contributed by atoms with van der Waals surface area (Å²) in [5.74, 6) is 0.535. The molecule has 20 heavy (non-hydrogen) atoms. The van der Waals surface area contributed by atoms with Gasteiger partial charge in [0.1, 0.15) is 5.01 Å². The molecule has 6 heteroatoms. The van der Waals surface area contributed by atoms with Crippen molar-refractivity contribution >= 4 is 34.0 Å². The number of hydrogen-bond donors (Lipinski definition) is 1. The molecule has 0 unspecified atom stereocenters. The average molecular weight is 308 g/mol. The SMILES string of the molecule is O=C(CCc1cccc(Cl)c1)Nc1nnc(C2CC2)s1. The number of carbonyl (C=O) groups is 1. The van der Waals surface area contributed by atoms with E-state index in [1.807, 2.05) is 24.3 Å². The van der Waals surface area contributed by atoms with Gasteiger partial charge in [0.05, 0.1) is 0 Å². The van der Waals surface area contributed by atoms with Crippen LogP contribution in [0.25, 0.3) is 0 Å². The van der Waals surface area contributed by atoms with E-state index in [1.54, 1.807) is 0 Å². The van der Waals surface area contributed by atoms with Crippen LogP contribution < -0.4 is 5.32 Å². The van der Waals surface area contributed by atoms with Gasteiger partial charge in [-0.3, -0.25) is 4.79 Å². The molecule has 3 rings (SSSR count). The maximum atomic E-state index is 11.9. The van der Waals surface area contributed by atoms with E-state index in [0.29, 0.717) is 28.9 Å². The van der Waals surface area contributed by atoms with Crippen LogP contribution in [0.1, 0.15) is 35.8 Å². The second-order valence-electron chi connectivity index (χ2n) is 4.90. The zero-order chi connectivity index (χ0) is 13.9. The lowest BCUT2D eigenvalue weighted by Gasteiger charge is -2.02. The Hall–Kier alpha value is -1.46. The van der Waals surface area contributed by atoms with Gasteiger partial charge >= 0.3 is 0 Å². The fourth-order valence-corrected chi connectivity index (χ4v) is 3.05. The van der Waals surface area contributed by atoms with E-state index in [2.05, 4.69) is 15.5 Å². The fraction of sp³-hybridized carbons (Fsp3) is 0.357. The summed E-state index contributed by atoms with van der Waals surface area (Å²) in [5, 5.41) is 13.2. The van der Waals surface area contributed by atoms with E-state index in [0.717, 1.165) is 10.6 Å². The number of nitrogens with zero attached hydrogens (tertiary/aromatic N) is 2. The molecule has 1 amide bonds. The summed E-state index contributed by atoms with van der Waals surface area (Å²) < 4.78 is 0. The first-order valence-electron chi connectivity index (χ1n) is 6.58. The highest BCUT2D eigenvalue weighted by atomic mass is 35.5. The molecule has 1 aromatic heterocycles. The molecule has 0 spiro atoms. The molecule has 0 radical (unpaired) electrons. The summed E-state index contributed by atoms with van der Waals surface area (Å²) in [5.41, 5.74) is 1.06. The predicted octanol–water partition coefficient (Wildman–Crippen LogP) is 3.64. The molecule has 1 aliphatic rings. The molecular weight excluding hydrogens is 294 g/mol. The smallest absolute Gasteiger partial charge is 0.226 e. The van der Waals surface area contributed by atoms with Crippen LogP contribution >= 0.6 is 22.9 Å². The quantitative estimate of drug-likeness (QED) is 0.917. The van der Waals surface area contributed by atoms with Gasteiger partial charge in [-0.1, -0.05) is 35.1 Å². The minimum Gasteiger partial charge on any atom is -0.301 e. The van der Waals surface area contributed by atoms with Crippen LogP contribution in [0.4, 0.5) is 5.13 Å². The van der Waals surface area contributed by atoms with E-state index in [-0.39, 0.29) is 5.91 Å². The molecule has 1 aliphatic carbocycles. The number of rotatable bonds is 5. The van der Waals surface area contributed by atoms with Crippen molar-refractivity contribution in [1.29, 1.82) is 0 Å². The third kappa shape index (κ3) is 3.55. The van der Waals surface area contributed by atoms with Crippen LogP contribution in [-0.4, -0.2) is 16.1 Å². The van der Waals surface area contributed by atoms with E-state index < -0.39 is 0 Å². The van der Waals surface area contributed by atoms with Crippen LogP contribution in [0, 0.1) is 0 Å². The van der Waals surface area contributed by atoms with Gasteiger partial charge in [-0.25, -0.2) is 0 Å². The van der Waals surface area contributed by atoms with Gasteiger partial charge in [0.15, 0.2) is 0 Å². The average Bonchev–Trinajstić information content (AvgIpc) is 3.18. The van der Waals surface area contributed by atoms with E-state index >= 15 is 0 Å². The Balaban J connectivity index is 1.51. The number of nitrogens with one attached hydrogen (secondary N) is 1. The number of anilines is 1. The van der Waals surface area contributed by atoms with E-state index in [1.165, 1.54) is 24.2 Å². The fourth-order valence-electron chi connectivity index (χ4n) is 1.91. The third-order valence-corrected chi connectivity index (χ3v) is 4.38. The van der Waals surface area contributed by atoms with Crippen LogP contribution in [0.15, 0.2) is 24.3 Å². The van der Waals surface area contributed by atoms with Crippen molar-refractivity contribution < 1.29 is 4.79 Å². The predicted molar refractivity (Wildman–Crippen MR) is 80.3 cm³/mol. The number of benzene rings is 1. The molecule has 0 aliphatic heterocycles. The minimum atomic E-state index is -0.0385. The van der Waals surface area contributed by atoms with Crippen LogP contribution in [-0.2, 0) is 11.2 Å². The zero-order valence-corrected chi connectivity index (χ0v) is 12.4. The number of halogens is 1.